The predicted octanol–water partition coefficient (Wildman–Crippen LogP) is 2.56. The van der Waals surface area contributed by atoms with Gasteiger partial charge in [-0.3, -0.25) is 0 Å². The van der Waals surface area contributed by atoms with Crippen LogP contribution in [0.5, 0.6) is 0 Å². The van der Waals surface area contributed by atoms with Crippen molar-refractivity contribution in [2.24, 2.45) is 0 Å². The molecule has 7 nitrogen and oxygen atoms in total. The standard InChI is InChI=1S/C17H15N7/c1-23(12-7-3-2-4-8-12)16-19-11-20-17(22-16)24-14-10-6-5-9-13(14)21-15(24)18/h2-11H,1H3,(H2,18,21). The van der Waals surface area contributed by atoms with E-state index in [0.29, 0.717) is 17.8 Å². The van der Waals surface area contributed by atoms with Gasteiger partial charge in [0.1, 0.15) is 6.33 Å². The van der Waals surface area contributed by atoms with Crippen molar-refractivity contribution >= 4 is 28.6 Å². The van der Waals surface area contributed by atoms with Crippen LogP contribution < -0.4 is 10.6 Å². The van der Waals surface area contributed by atoms with Crippen molar-refractivity contribution in [2.75, 3.05) is 17.7 Å². The van der Waals surface area contributed by atoms with E-state index in [1.54, 1.807) is 4.57 Å². The fraction of sp³-hybridized carbons (Fsp3) is 0.0588. The number of para-hydroxylation sites is 3. The summed E-state index contributed by atoms with van der Waals surface area (Å²) in [6.07, 6.45) is 1.48. The monoisotopic (exact) mass is 317 g/mol. The zero-order chi connectivity index (χ0) is 16.5. The maximum Gasteiger partial charge on any atom is 0.241 e. The summed E-state index contributed by atoms with van der Waals surface area (Å²) in [4.78, 5) is 19.3. The van der Waals surface area contributed by atoms with E-state index in [9.17, 15) is 0 Å². The van der Waals surface area contributed by atoms with Crippen molar-refractivity contribution < 1.29 is 0 Å². The van der Waals surface area contributed by atoms with Crippen LogP contribution in [0.25, 0.3) is 17.0 Å². The first kappa shape index (κ1) is 14.1. The van der Waals surface area contributed by atoms with Gasteiger partial charge in [0.2, 0.25) is 17.8 Å². The first-order valence-corrected chi connectivity index (χ1v) is 7.45. The SMILES string of the molecule is CN(c1ccccc1)c1ncnc(-n2c(N)nc3ccccc32)n1. The molecule has 0 atom stereocenters. The van der Waals surface area contributed by atoms with Crippen LogP contribution >= 0.6 is 0 Å². The minimum absolute atomic E-state index is 0.343. The summed E-state index contributed by atoms with van der Waals surface area (Å²) in [6, 6.07) is 17.6. The quantitative estimate of drug-likeness (QED) is 0.625. The second-order valence-corrected chi connectivity index (χ2v) is 5.27. The smallest absolute Gasteiger partial charge is 0.241 e. The molecular weight excluding hydrogens is 302 g/mol. The molecule has 2 heterocycles. The molecule has 2 N–H and O–H groups in total. The number of nitrogen functional groups attached to an aromatic ring is 1. The summed E-state index contributed by atoms with van der Waals surface area (Å²) in [7, 11) is 1.91. The molecule has 24 heavy (non-hydrogen) atoms. The highest BCUT2D eigenvalue weighted by atomic mass is 15.3. The van der Waals surface area contributed by atoms with Gasteiger partial charge >= 0.3 is 0 Å². The number of anilines is 3. The summed E-state index contributed by atoms with van der Waals surface area (Å²) >= 11 is 0. The molecule has 4 aromatic rings. The third-order valence-electron chi connectivity index (χ3n) is 3.78. The first-order valence-electron chi connectivity index (χ1n) is 7.45. The van der Waals surface area contributed by atoms with Crippen molar-refractivity contribution in [3.05, 3.63) is 60.9 Å². The van der Waals surface area contributed by atoms with E-state index in [1.807, 2.05) is 66.5 Å². The topological polar surface area (TPSA) is 85.8 Å². The summed E-state index contributed by atoms with van der Waals surface area (Å²) in [6.45, 7) is 0. The van der Waals surface area contributed by atoms with Crippen molar-refractivity contribution in [3.8, 4) is 5.95 Å². The summed E-state index contributed by atoms with van der Waals surface area (Å²) in [5.41, 5.74) is 8.70. The van der Waals surface area contributed by atoms with Crippen molar-refractivity contribution in [2.45, 2.75) is 0 Å². The number of hydrogen-bond donors (Lipinski definition) is 1. The molecule has 2 aromatic carbocycles. The van der Waals surface area contributed by atoms with Gasteiger partial charge < -0.3 is 10.6 Å². The average Bonchev–Trinajstić information content (AvgIpc) is 2.97. The molecule has 0 saturated heterocycles. The minimum atomic E-state index is 0.343. The lowest BCUT2D eigenvalue weighted by Crippen LogP contribution is -2.15. The lowest BCUT2D eigenvalue weighted by atomic mass is 10.3. The highest BCUT2D eigenvalue weighted by Crippen LogP contribution is 2.23. The van der Waals surface area contributed by atoms with Gasteiger partial charge in [-0.1, -0.05) is 30.3 Å². The largest absolute Gasteiger partial charge is 0.369 e. The number of fused-ring (bicyclic) bond motifs is 1. The third kappa shape index (κ3) is 2.32. The van der Waals surface area contributed by atoms with E-state index in [4.69, 9.17) is 5.73 Å². The van der Waals surface area contributed by atoms with Gasteiger partial charge in [0.15, 0.2) is 0 Å². The lowest BCUT2D eigenvalue weighted by molar-refractivity contribution is 0.901. The molecule has 0 radical (unpaired) electrons. The van der Waals surface area contributed by atoms with E-state index in [1.165, 1.54) is 6.33 Å². The van der Waals surface area contributed by atoms with Gasteiger partial charge in [-0.15, -0.1) is 0 Å². The van der Waals surface area contributed by atoms with Gasteiger partial charge in [0, 0.05) is 12.7 Å². The minimum Gasteiger partial charge on any atom is -0.369 e. The molecule has 0 saturated carbocycles. The molecule has 0 amide bonds. The Bertz CT molecular complexity index is 994. The summed E-state index contributed by atoms with van der Waals surface area (Å²) < 4.78 is 1.72. The molecular formula is C17H15N7. The van der Waals surface area contributed by atoms with Gasteiger partial charge in [0.25, 0.3) is 0 Å². The predicted molar refractivity (Wildman–Crippen MR) is 93.4 cm³/mol. The zero-order valence-electron chi connectivity index (χ0n) is 13.0. The Labute approximate surface area is 138 Å². The Kier molecular flexibility index (Phi) is 3.31. The Morgan fingerprint density at radius 3 is 2.50 bits per heavy atom. The van der Waals surface area contributed by atoms with Gasteiger partial charge in [-0.2, -0.15) is 4.98 Å². The molecule has 0 bridgehead atoms. The van der Waals surface area contributed by atoms with Crippen LogP contribution in [0.15, 0.2) is 60.9 Å². The van der Waals surface area contributed by atoms with E-state index < -0.39 is 0 Å². The van der Waals surface area contributed by atoms with Crippen LogP contribution in [-0.2, 0) is 0 Å². The number of imidazole rings is 1. The van der Waals surface area contributed by atoms with Crippen molar-refractivity contribution in [1.82, 2.24) is 24.5 Å². The normalized spacial score (nSPS) is 10.9. The molecule has 0 aliphatic rings. The summed E-state index contributed by atoms with van der Waals surface area (Å²) in [5, 5.41) is 0. The Balaban J connectivity index is 1.81. The molecule has 7 heteroatoms. The first-order chi connectivity index (χ1) is 11.7. The van der Waals surface area contributed by atoms with E-state index in [0.717, 1.165) is 16.7 Å². The zero-order valence-corrected chi connectivity index (χ0v) is 13.0. The molecule has 0 unspecified atom stereocenters. The number of aromatic nitrogens is 5. The highest BCUT2D eigenvalue weighted by Gasteiger charge is 2.14. The van der Waals surface area contributed by atoms with E-state index >= 15 is 0 Å². The summed E-state index contributed by atoms with van der Waals surface area (Å²) in [5.74, 6) is 1.31. The van der Waals surface area contributed by atoms with Gasteiger partial charge in [-0.25, -0.2) is 19.5 Å². The second kappa shape index (κ2) is 5.62. The lowest BCUT2D eigenvalue weighted by Gasteiger charge is -2.17. The fourth-order valence-corrected chi connectivity index (χ4v) is 2.57. The van der Waals surface area contributed by atoms with Crippen LogP contribution in [-0.4, -0.2) is 31.6 Å². The molecule has 0 fully saturated rings. The number of hydrogen-bond acceptors (Lipinski definition) is 6. The molecule has 0 aliphatic heterocycles. The van der Waals surface area contributed by atoms with Crippen molar-refractivity contribution in [1.29, 1.82) is 0 Å². The molecule has 0 spiro atoms. The molecule has 4 rings (SSSR count). The van der Waals surface area contributed by atoms with Crippen LogP contribution in [0.3, 0.4) is 0 Å². The Morgan fingerprint density at radius 1 is 0.917 bits per heavy atom. The van der Waals surface area contributed by atoms with Gasteiger partial charge in [-0.05, 0) is 24.3 Å². The van der Waals surface area contributed by atoms with Crippen molar-refractivity contribution in [3.63, 3.8) is 0 Å². The number of rotatable bonds is 3. The maximum atomic E-state index is 6.06. The van der Waals surface area contributed by atoms with Crippen LogP contribution in [0.4, 0.5) is 17.6 Å². The third-order valence-corrected chi connectivity index (χ3v) is 3.78. The average molecular weight is 317 g/mol. The van der Waals surface area contributed by atoms with Crippen LogP contribution in [0.1, 0.15) is 0 Å². The molecule has 118 valence electrons. The van der Waals surface area contributed by atoms with Crippen LogP contribution in [0, 0.1) is 0 Å². The maximum absolute atomic E-state index is 6.06. The van der Waals surface area contributed by atoms with E-state index in [-0.39, 0.29) is 0 Å². The number of nitrogens with two attached hydrogens (primary N) is 1. The van der Waals surface area contributed by atoms with Crippen LogP contribution in [0.2, 0.25) is 0 Å². The Hall–Kier alpha value is -3.48. The van der Waals surface area contributed by atoms with Gasteiger partial charge in [0.05, 0.1) is 11.0 Å². The Morgan fingerprint density at radius 2 is 1.67 bits per heavy atom. The molecule has 0 aliphatic carbocycles. The fourth-order valence-electron chi connectivity index (χ4n) is 2.57. The van der Waals surface area contributed by atoms with E-state index in [2.05, 4.69) is 19.9 Å². The number of benzene rings is 2. The second-order valence-electron chi connectivity index (χ2n) is 5.27. The number of nitrogens with zero attached hydrogens (tertiary/aromatic N) is 6. The molecule has 2 aromatic heterocycles. The highest BCUT2D eigenvalue weighted by molar-refractivity contribution is 5.80.